The summed E-state index contributed by atoms with van der Waals surface area (Å²) in [6, 6.07) is 7.11. The number of rotatable bonds is 2. The topological polar surface area (TPSA) is 30.7 Å². The Labute approximate surface area is 108 Å². The summed E-state index contributed by atoms with van der Waals surface area (Å²) in [4.78, 5) is 8.41. The maximum Gasteiger partial charge on any atom is 0.175 e. The Hall–Kier alpha value is -2.30. The number of imidazole rings is 1. The molecule has 0 bridgehead atoms. The van der Waals surface area contributed by atoms with Gasteiger partial charge in [0, 0.05) is 18.7 Å². The van der Waals surface area contributed by atoms with Gasteiger partial charge in [-0.3, -0.25) is 4.57 Å². The third-order valence-corrected chi connectivity index (χ3v) is 2.95. The number of benzene rings is 1. The van der Waals surface area contributed by atoms with E-state index in [1.54, 1.807) is 10.6 Å². The fourth-order valence-electron chi connectivity index (χ4n) is 2.11. The van der Waals surface area contributed by atoms with E-state index in [0.717, 1.165) is 0 Å². The van der Waals surface area contributed by atoms with Crippen LogP contribution in [-0.2, 0) is 6.42 Å². The van der Waals surface area contributed by atoms with Crippen LogP contribution in [0.2, 0.25) is 0 Å². The first kappa shape index (κ1) is 11.8. The maximum absolute atomic E-state index is 13.9. The average molecular weight is 259 g/mol. The van der Waals surface area contributed by atoms with E-state index in [9.17, 15) is 8.78 Å². The minimum atomic E-state index is -0.458. The molecule has 96 valence electrons. The number of hydrogen-bond donors (Lipinski definition) is 0. The minimum absolute atomic E-state index is 0.146. The highest BCUT2D eigenvalue weighted by Gasteiger charge is 2.15. The summed E-state index contributed by atoms with van der Waals surface area (Å²) >= 11 is 0. The Bertz CT molecular complexity index is 750. The molecule has 2 heterocycles. The quantitative estimate of drug-likeness (QED) is 0.707. The predicted molar refractivity (Wildman–Crippen MR) is 68.2 cm³/mol. The van der Waals surface area contributed by atoms with Crippen molar-refractivity contribution in [2.45, 2.75) is 13.3 Å². The maximum atomic E-state index is 13.9. The third kappa shape index (κ3) is 1.87. The summed E-state index contributed by atoms with van der Waals surface area (Å²) in [5.74, 6) is -0.0425. The van der Waals surface area contributed by atoms with Crippen LogP contribution in [0.1, 0.15) is 12.7 Å². The van der Waals surface area contributed by atoms with Crippen LogP contribution in [0.25, 0.3) is 16.9 Å². The molecule has 0 saturated carbocycles. The summed E-state index contributed by atoms with van der Waals surface area (Å²) in [7, 11) is 0. The number of nitrogens with zero attached hydrogens (tertiary/aromatic N) is 3. The van der Waals surface area contributed by atoms with Gasteiger partial charge in [-0.15, -0.1) is 0 Å². The number of halogens is 2. The van der Waals surface area contributed by atoms with Crippen LogP contribution in [0.5, 0.6) is 0 Å². The number of pyridine rings is 1. The number of aryl methyl sites for hydroxylation is 1. The molecule has 0 aliphatic heterocycles. The molecule has 2 aromatic heterocycles. The van der Waals surface area contributed by atoms with E-state index in [-0.39, 0.29) is 11.6 Å². The van der Waals surface area contributed by atoms with Gasteiger partial charge in [-0.25, -0.2) is 18.7 Å². The van der Waals surface area contributed by atoms with Crippen LogP contribution in [0.3, 0.4) is 0 Å². The Morgan fingerprint density at radius 3 is 2.79 bits per heavy atom. The molecule has 0 amide bonds. The van der Waals surface area contributed by atoms with Gasteiger partial charge in [0.25, 0.3) is 0 Å². The van der Waals surface area contributed by atoms with E-state index < -0.39 is 5.82 Å². The molecule has 0 radical (unpaired) electrons. The zero-order chi connectivity index (χ0) is 13.4. The molecule has 0 N–H and O–H groups in total. The van der Waals surface area contributed by atoms with E-state index in [2.05, 4.69) is 9.97 Å². The van der Waals surface area contributed by atoms with Gasteiger partial charge in [0.1, 0.15) is 11.6 Å². The van der Waals surface area contributed by atoms with Crippen LogP contribution in [0.15, 0.2) is 36.5 Å². The smallest absolute Gasteiger partial charge is 0.175 e. The Morgan fingerprint density at radius 1 is 1.21 bits per heavy atom. The molecule has 1 aromatic carbocycles. The standard InChI is InChI=1S/C14H11F2N3/c1-2-13-18-11-6-5-9(15)8-12(11)19(13)14-10(16)4-3-7-17-14/h3-8H,2H2,1H3. The van der Waals surface area contributed by atoms with Gasteiger partial charge in [0.2, 0.25) is 0 Å². The second-order valence-electron chi connectivity index (χ2n) is 4.16. The second-order valence-corrected chi connectivity index (χ2v) is 4.16. The lowest BCUT2D eigenvalue weighted by Gasteiger charge is -2.07. The molecule has 19 heavy (non-hydrogen) atoms. The molecule has 0 fully saturated rings. The Kier molecular flexibility index (Phi) is 2.74. The minimum Gasteiger partial charge on any atom is -0.278 e. The first-order valence-electron chi connectivity index (χ1n) is 5.98. The van der Waals surface area contributed by atoms with Crippen molar-refractivity contribution < 1.29 is 8.78 Å². The highest BCUT2D eigenvalue weighted by Crippen LogP contribution is 2.23. The number of aromatic nitrogens is 3. The van der Waals surface area contributed by atoms with E-state index in [1.165, 1.54) is 30.5 Å². The van der Waals surface area contributed by atoms with Crippen LogP contribution in [0, 0.1) is 11.6 Å². The summed E-state index contributed by atoms with van der Waals surface area (Å²) in [6.07, 6.45) is 2.11. The molecule has 3 nitrogen and oxygen atoms in total. The molecule has 5 heteroatoms. The molecular weight excluding hydrogens is 248 g/mol. The zero-order valence-corrected chi connectivity index (χ0v) is 10.3. The van der Waals surface area contributed by atoms with Crippen LogP contribution < -0.4 is 0 Å². The molecule has 0 spiro atoms. The number of fused-ring (bicyclic) bond motifs is 1. The predicted octanol–water partition coefficient (Wildman–Crippen LogP) is 3.26. The van der Waals surface area contributed by atoms with Gasteiger partial charge in [0.15, 0.2) is 11.6 Å². The molecule has 0 aliphatic carbocycles. The SMILES string of the molecule is CCc1nc2ccc(F)cc2n1-c1ncccc1F. The van der Waals surface area contributed by atoms with E-state index in [0.29, 0.717) is 23.3 Å². The van der Waals surface area contributed by atoms with Crippen molar-refractivity contribution in [2.75, 3.05) is 0 Å². The molecule has 3 aromatic rings. The molecule has 0 aliphatic rings. The van der Waals surface area contributed by atoms with Crippen molar-refractivity contribution in [2.24, 2.45) is 0 Å². The van der Waals surface area contributed by atoms with Crippen molar-refractivity contribution in [3.8, 4) is 5.82 Å². The lowest BCUT2D eigenvalue weighted by Crippen LogP contribution is -2.05. The van der Waals surface area contributed by atoms with Crippen LogP contribution in [-0.4, -0.2) is 14.5 Å². The lowest BCUT2D eigenvalue weighted by atomic mass is 10.3. The van der Waals surface area contributed by atoms with E-state index in [4.69, 9.17) is 0 Å². The largest absolute Gasteiger partial charge is 0.278 e. The van der Waals surface area contributed by atoms with Crippen molar-refractivity contribution in [3.05, 3.63) is 54.0 Å². The van der Waals surface area contributed by atoms with Gasteiger partial charge in [-0.2, -0.15) is 0 Å². The Balaban J connectivity index is 2.38. The monoisotopic (exact) mass is 259 g/mol. The highest BCUT2D eigenvalue weighted by atomic mass is 19.1. The first-order valence-corrected chi connectivity index (χ1v) is 5.98. The third-order valence-electron chi connectivity index (χ3n) is 2.95. The summed E-state index contributed by atoms with van der Waals surface area (Å²) < 4.78 is 28.8. The highest BCUT2D eigenvalue weighted by molar-refractivity contribution is 5.78. The molecule has 0 atom stereocenters. The van der Waals surface area contributed by atoms with Crippen LogP contribution in [0.4, 0.5) is 8.78 Å². The molecule has 0 saturated heterocycles. The molecule has 0 unspecified atom stereocenters. The van der Waals surface area contributed by atoms with Gasteiger partial charge < -0.3 is 0 Å². The van der Waals surface area contributed by atoms with E-state index >= 15 is 0 Å². The average Bonchev–Trinajstić information content (AvgIpc) is 2.77. The fourth-order valence-corrected chi connectivity index (χ4v) is 2.11. The van der Waals surface area contributed by atoms with E-state index in [1.807, 2.05) is 6.92 Å². The normalized spacial score (nSPS) is 11.1. The van der Waals surface area contributed by atoms with Crippen molar-refractivity contribution in [1.82, 2.24) is 14.5 Å². The van der Waals surface area contributed by atoms with Crippen molar-refractivity contribution >= 4 is 11.0 Å². The van der Waals surface area contributed by atoms with Gasteiger partial charge >= 0.3 is 0 Å². The van der Waals surface area contributed by atoms with Crippen molar-refractivity contribution in [3.63, 3.8) is 0 Å². The fraction of sp³-hybridized carbons (Fsp3) is 0.143. The van der Waals surface area contributed by atoms with Gasteiger partial charge in [-0.1, -0.05) is 6.92 Å². The zero-order valence-electron chi connectivity index (χ0n) is 10.3. The molecule has 3 rings (SSSR count). The van der Waals surface area contributed by atoms with Gasteiger partial charge in [-0.05, 0) is 24.3 Å². The first-order chi connectivity index (χ1) is 9.20. The van der Waals surface area contributed by atoms with Crippen molar-refractivity contribution in [1.29, 1.82) is 0 Å². The lowest BCUT2D eigenvalue weighted by molar-refractivity contribution is 0.607. The van der Waals surface area contributed by atoms with Gasteiger partial charge in [0.05, 0.1) is 11.0 Å². The Morgan fingerprint density at radius 2 is 2.05 bits per heavy atom. The molecular formula is C14H11F2N3. The number of hydrogen-bond acceptors (Lipinski definition) is 2. The summed E-state index contributed by atoms with van der Waals surface area (Å²) in [5, 5.41) is 0. The summed E-state index contributed by atoms with van der Waals surface area (Å²) in [5.41, 5.74) is 1.15. The second kappa shape index (κ2) is 4.42. The van der Waals surface area contributed by atoms with Crippen LogP contribution >= 0.6 is 0 Å². The summed E-state index contributed by atoms with van der Waals surface area (Å²) in [6.45, 7) is 1.91.